The van der Waals surface area contributed by atoms with Gasteiger partial charge in [0.1, 0.15) is 5.60 Å². The summed E-state index contributed by atoms with van der Waals surface area (Å²) in [6.07, 6.45) is 0.119. The van der Waals surface area contributed by atoms with E-state index in [0.717, 1.165) is 5.56 Å². The SMILES string of the molecule is CC(O)(CNC(=O)CCn1c(=O)oc2ccccc21)c1ccccc1. The van der Waals surface area contributed by atoms with E-state index < -0.39 is 11.4 Å². The lowest BCUT2D eigenvalue weighted by Gasteiger charge is -2.24. The van der Waals surface area contributed by atoms with E-state index in [9.17, 15) is 14.7 Å². The summed E-state index contributed by atoms with van der Waals surface area (Å²) in [4.78, 5) is 24.0. The molecular formula is C19H20N2O4. The van der Waals surface area contributed by atoms with E-state index in [1.54, 1.807) is 25.1 Å². The molecule has 0 saturated heterocycles. The Bertz CT molecular complexity index is 925. The van der Waals surface area contributed by atoms with E-state index in [0.29, 0.717) is 11.1 Å². The van der Waals surface area contributed by atoms with Crippen LogP contribution in [0.4, 0.5) is 0 Å². The fourth-order valence-electron chi connectivity index (χ4n) is 2.70. The van der Waals surface area contributed by atoms with E-state index in [4.69, 9.17) is 4.42 Å². The van der Waals surface area contributed by atoms with E-state index in [1.807, 2.05) is 36.4 Å². The van der Waals surface area contributed by atoms with Crippen LogP contribution >= 0.6 is 0 Å². The summed E-state index contributed by atoms with van der Waals surface area (Å²) in [7, 11) is 0. The maximum absolute atomic E-state index is 12.1. The molecule has 1 unspecified atom stereocenters. The summed E-state index contributed by atoms with van der Waals surface area (Å²) in [6, 6.07) is 16.2. The third-order valence-corrected chi connectivity index (χ3v) is 4.16. The van der Waals surface area contributed by atoms with Gasteiger partial charge in [0.2, 0.25) is 5.91 Å². The molecular weight excluding hydrogens is 320 g/mol. The summed E-state index contributed by atoms with van der Waals surface area (Å²) in [5, 5.41) is 13.2. The molecule has 0 aliphatic rings. The van der Waals surface area contributed by atoms with Crippen molar-refractivity contribution in [1.82, 2.24) is 9.88 Å². The summed E-state index contributed by atoms with van der Waals surface area (Å²) >= 11 is 0. The zero-order chi connectivity index (χ0) is 17.9. The Hall–Kier alpha value is -2.86. The lowest BCUT2D eigenvalue weighted by Crippen LogP contribution is -2.39. The molecule has 6 heteroatoms. The molecule has 25 heavy (non-hydrogen) atoms. The van der Waals surface area contributed by atoms with Crippen LogP contribution in [0.2, 0.25) is 0 Å². The molecule has 1 atom stereocenters. The quantitative estimate of drug-likeness (QED) is 0.719. The van der Waals surface area contributed by atoms with Gasteiger partial charge in [-0.2, -0.15) is 0 Å². The van der Waals surface area contributed by atoms with Crippen molar-refractivity contribution in [3.63, 3.8) is 0 Å². The standard InChI is InChI=1S/C19H20N2O4/c1-19(24,14-7-3-2-4-8-14)13-20-17(22)11-12-21-15-9-5-6-10-16(15)25-18(21)23/h2-10,24H,11-13H2,1H3,(H,20,22). The Kier molecular flexibility index (Phi) is 4.72. The number of hydrogen-bond donors (Lipinski definition) is 2. The highest BCUT2D eigenvalue weighted by Gasteiger charge is 2.23. The van der Waals surface area contributed by atoms with Gasteiger partial charge in [-0.05, 0) is 24.6 Å². The summed E-state index contributed by atoms with van der Waals surface area (Å²) < 4.78 is 6.57. The van der Waals surface area contributed by atoms with Crippen LogP contribution in [0.5, 0.6) is 0 Å². The second-order valence-electron chi connectivity index (χ2n) is 6.15. The molecule has 0 aliphatic carbocycles. The lowest BCUT2D eigenvalue weighted by molar-refractivity contribution is -0.122. The number of aromatic nitrogens is 1. The summed E-state index contributed by atoms with van der Waals surface area (Å²) in [5.74, 6) is -0.723. The van der Waals surface area contributed by atoms with Crippen LogP contribution in [0.15, 0.2) is 63.8 Å². The zero-order valence-electron chi connectivity index (χ0n) is 13.9. The monoisotopic (exact) mass is 340 g/mol. The first-order valence-corrected chi connectivity index (χ1v) is 8.10. The first-order chi connectivity index (χ1) is 12.0. The number of rotatable bonds is 6. The van der Waals surface area contributed by atoms with Crippen LogP contribution < -0.4 is 11.1 Å². The second kappa shape index (κ2) is 6.94. The fraction of sp³-hybridized carbons (Fsp3) is 0.263. The van der Waals surface area contributed by atoms with Crippen LogP contribution in [-0.4, -0.2) is 22.1 Å². The van der Waals surface area contributed by atoms with Crippen molar-refractivity contribution < 1.29 is 14.3 Å². The molecule has 0 bridgehead atoms. The first kappa shape index (κ1) is 17.0. The van der Waals surface area contributed by atoms with E-state index in [1.165, 1.54) is 4.57 Å². The Morgan fingerprint density at radius 1 is 1.16 bits per heavy atom. The average Bonchev–Trinajstić information content (AvgIpc) is 2.94. The number of amides is 1. The third-order valence-electron chi connectivity index (χ3n) is 4.16. The molecule has 6 nitrogen and oxygen atoms in total. The lowest BCUT2D eigenvalue weighted by atomic mass is 9.96. The van der Waals surface area contributed by atoms with E-state index in [-0.39, 0.29) is 25.4 Å². The van der Waals surface area contributed by atoms with Crippen molar-refractivity contribution in [1.29, 1.82) is 0 Å². The van der Waals surface area contributed by atoms with Crippen LogP contribution in [0, 0.1) is 0 Å². The van der Waals surface area contributed by atoms with Gasteiger partial charge in [-0.25, -0.2) is 4.79 Å². The molecule has 0 spiro atoms. The molecule has 1 aromatic heterocycles. The van der Waals surface area contributed by atoms with Crippen LogP contribution in [0.25, 0.3) is 11.1 Å². The zero-order valence-corrected chi connectivity index (χ0v) is 13.9. The number of nitrogens with zero attached hydrogens (tertiary/aromatic N) is 1. The molecule has 0 saturated carbocycles. The topological polar surface area (TPSA) is 84.5 Å². The number of benzene rings is 2. The van der Waals surface area contributed by atoms with Crippen molar-refractivity contribution in [3.8, 4) is 0 Å². The number of para-hydroxylation sites is 2. The molecule has 0 fully saturated rings. The molecule has 1 amide bonds. The second-order valence-corrected chi connectivity index (χ2v) is 6.15. The van der Waals surface area contributed by atoms with Gasteiger partial charge in [-0.3, -0.25) is 9.36 Å². The summed E-state index contributed by atoms with van der Waals surface area (Å²) in [6.45, 7) is 1.96. The van der Waals surface area contributed by atoms with Crippen LogP contribution in [0.3, 0.4) is 0 Å². The van der Waals surface area contributed by atoms with Gasteiger partial charge in [0.15, 0.2) is 5.58 Å². The molecule has 2 aromatic carbocycles. The maximum Gasteiger partial charge on any atom is 0.419 e. The van der Waals surface area contributed by atoms with Crippen molar-refractivity contribution in [2.45, 2.75) is 25.5 Å². The van der Waals surface area contributed by atoms with E-state index >= 15 is 0 Å². The van der Waals surface area contributed by atoms with Crippen molar-refractivity contribution in [3.05, 3.63) is 70.7 Å². The predicted molar refractivity (Wildman–Crippen MR) is 94.1 cm³/mol. The molecule has 0 aliphatic heterocycles. The Balaban J connectivity index is 1.60. The minimum Gasteiger partial charge on any atom is -0.408 e. The third kappa shape index (κ3) is 3.80. The minimum absolute atomic E-state index is 0.0941. The van der Waals surface area contributed by atoms with Crippen LogP contribution in [0.1, 0.15) is 18.9 Å². The Morgan fingerprint density at radius 2 is 1.84 bits per heavy atom. The normalized spacial score (nSPS) is 13.5. The van der Waals surface area contributed by atoms with Crippen LogP contribution in [-0.2, 0) is 16.9 Å². The highest BCUT2D eigenvalue weighted by Crippen LogP contribution is 2.19. The van der Waals surface area contributed by atoms with Crippen molar-refractivity contribution in [2.75, 3.05) is 6.54 Å². The Morgan fingerprint density at radius 3 is 2.60 bits per heavy atom. The molecule has 2 N–H and O–H groups in total. The van der Waals surface area contributed by atoms with E-state index in [2.05, 4.69) is 5.32 Å². The number of carbonyl (C=O) groups is 1. The van der Waals surface area contributed by atoms with Gasteiger partial charge in [0.05, 0.1) is 12.1 Å². The molecule has 130 valence electrons. The Labute approximate surface area is 144 Å². The average molecular weight is 340 g/mol. The van der Waals surface area contributed by atoms with Crippen molar-refractivity contribution in [2.24, 2.45) is 0 Å². The van der Waals surface area contributed by atoms with Gasteiger partial charge >= 0.3 is 5.76 Å². The highest BCUT2D eigenvalue weighted by molar-refractivity contribution is 5.76. The molecule has 3 rings (SSSR count). The maximum atomic E-state index is 12.1. The smallest absolute Gasteiger partial charge is 0.408 e. The minimum atomic E-state index is -1.16. The van der Waals surface area contributed by atoms with Gasteiger partial charge in [0, 0.05) is 13.0 Å². The largest absolute Gasteiger partial charge is 0.419 e. The number of hydrogen-bond acceptors (Lipinski definition) is 4. The van der Waals surface area contributed by atoms with Crippen molar-refractivity contribution >= 4 is 17.0 Å². The predicted octanol–water partition coefficient (Wildman–Crippen LogP) is 2.01. The number of aryl methyl sites for hydroxylation is 1. The molecule has 1 heterocycles. The fourth-order valence-corrected chi connectivity index (χ4v) is 2.70. The van der Waals surface area contributed by atoms with Gasteiger partial charge in [0.25, 0.3) is 0 Å². The number of fused-ring (bicyclic) bond motifs is 1. The number of carbonyl (C=O) groups excluding carboxylic acids is 1. The number of oxazole rings is 1. The highest BCUT2D eigenvalue weighted by atomic mass is 16.4. The van der Waals surface area contributed by atoms with Gasteiger partial charge in [-0.1, -0.05) is 42.5 Å². The molecule has 3 aromatic rings. The number of aliphatic hydroxyl groups is 1. The van der Waals surface area contributed by atoms with Gasteiger partial charge < -0.3 is 14.8 Å². The van der Waals surface area contributed by atoms with Gasteiger partial charge in [-0.15, -0.1) is 0 Å². The summed E-state index contributed by atoms with van der Waals surface area (Å²) in [5.41, 5.74) is 0.736. The number of nitrogens with one attached hydrogen (secondary N) is 1. The first-order valence-electron chi connectivity index (χ1n) is 8.10. The molecule has 0 radical (unpaired) electrons.